The largest absolute Gasteiger partial charge is 0.325 e. The SMILES string of the molecule is CCNCC(C)C(=O)Nc1cc(Br)ccc1I. The summed E-state index contributed by atoms with van der Waals surface area (Å²) in [5, 5.41) is 6.11. The lowest BCUT2D eigenvalue weighted by molar-refractivity contribution is -0.119. The minimum atomic E-state index is -0.0373. The molecule has 0 bridgehead atoms. The number of halogens is 2. The molecule has 0 spiro atoms. The van der Waals surface area contributed by atoms with Crippen molar-refractivity contribution in [1.82, 2.24) is 5.32 Å². The van der Waals surface area contributed by atoms with Crippen LogP contribution in [-0.4, -0.2) is 19.0 Å². The fourth-order valence-electron chi connectivity index (χ4n) is 1.30. The predicted octanol–water partition coefficient (Wildman–Crippen LogP) is 3.24. The van der Waals surface area contributed by atoms with Gasteiger partial charge >= 0.3 is 0 Å². The van der Waals surface area contributed by atoms with E-state index in [9.17, 15) is 4.79 Å². The predicted molar refractivity (Wildman–Crippen MR) is 83.2 cm³/mol. The lowest BCUT2D eigenvalue weighted by Crippen LogP contribution is -2.30. The van der Waals surface area contributed by atoms with E-state index in [1.54, 1.807) is 0 Å². The molecule has 1 unspecified atom stereocenters. The summed E-state index contributed by atoms with van der Waals surface area (Å²) < 4.78 is 2.00. The third-order valence-corrected chi connectivity index (χ3v) is 3.77. The van der Waals surface area contributed by atoms with Crippen molar-refractivity contribution in [2.75, 3.05) is 18.4 Å². The van der Waals surface area contributed by atoms with Crippen LogP contribution in [0, 0.1) is 9.49 Å². The summed E-state index contributed by atoms with van der Waals surface area (Å²) in [4.78, 5) is 11.9. The Kier molecular flexibility index (Phi) is 6.43. The van der Waals surface area contributed by atoms with E-state index in [1.165, 1.54) is 0 Å². The number of anilines is 1. The molecule has 0 aliphatic heterocycles. The van der Waals surface area contributed by atoms with Gasteiger partial charge < -0.3 is 10.6 Å². The highest BCUT2D eigenvalue weighted by atomic mass is 127. The van der Waals surface area contributed by atoms with Crippen molar-refractivity contribution in [3.05, 3.63) is 26.2 Å². The van der Waals surface area contributed by atoms with E-state index < -0.39 is 0 Å². The molecule has 0 saturated heterocycles. The monoisotopic (exact) mass is 410 g/mol. The van der Waals surface area contributed by atoms with Gasteiger partial charge in [-0.05, 0) is 47.3 Å². The number of hydrogen-bond acceptors (Lipinski definition) is 2. The second-order valence-corrected chi connectivity index (χ2v) is 5.90. The van der Waals surface area contributed by atoms with Crippen LogP contribution in [0.4, 0.5) is 5.69 Å². The Morgan fingerprint density at radius 2 is 2.24 bits per heavy atom. The average molecular weight is 411 g/mol. The molecule has 1 aromatic carbocycles. The molecule has 1 rings (SSSR count). The van der Waals surface area contributed by atoms with Crippen LogP contribution in [0.3, 0.4) is 0 Å². The van der Waals surface area contributed by atoms with Gasteiger partial charge in [-0.15, -0.1) is 0 Å². The van der Waals surface area contributed by atoms with Crippen LogP contribution in [0.1, 0.15) is 13.8 Å². The molecule has 0 aromatic heterocycles. The molecular formula is C12H16BrIN2O. The molecule has 5 heteroatoms. The van der Waals surface area contributed by atoms with Gasteiger partial charge in [0, 0.05) is 20.5 Å². The Morgan fingerprint density at radius 1 is 1.53 bits per heavy atom. The second-order valence-electron chi connectivity index (χ2n) is 3.82. The van der Waals surface area contributed by atoms with E-state index >= 15 is 0 Å². The van der Waals surface area contributed by atoms with Gasteiger partial charge in [0.2, 0.25) is 5.91 Å². The van der Waals surface area contributed by atoms with Crippen LogP contribution in [0.2, 0.25) is 0 Å². The Morgan fingerprint density at radius 3 is 2.88 bits per heavy atom. The molecule has 0 radical (unpaired) electrons. The zero-order chi connectivity index (χ0) is 12.8. The van der Waals surface area contributed by atoms with Gasteiger partial charge in [-0.3, -0.25) is 4.79 Å². The zero-order valence-corrected chi connectivity index (χ0v) is 13.6. The summed E-state index contributed by atoms with van der Waals surface area (Å²) in [7, 11) is 0. The van der Waals surface area contributed by atoms with Crippen molar-refractivity contribution in [2.45, 2.75) is 13.8 Å². The molecule has 94 valence electrons. The van der Waals surface area contributed by atoms with Crippen LogP contribution in [0.15, 0.2) is 22.7 Å². The van der Waals surface area contributed by atoms with Gasteiger partial charge in [-0.1, -0.05) is 29.8 Å². The molecule has 3 nitrogen and oxygen atoms in total. The van der Waals surface area contributed by atoms with Gasteiger partial charge in [0.15, 0.2) is 0 Å². The molecular weight excluding hydrogens is 395 g/mol. The number of benzene rings is 1. The fourth-order valence-corrected chi connectivity index (χ4v) is 2.13. The summed E-state index contributed by atoms with van der Waals surface area (Å²) in [6.45, 7) is 5.53. The van der Waals surface area contributed by atoms with E-state index in [2.05, 4.69) is 49.2 Å². The summed E-state index contributed by atoms with van der Waals surface area (Å²) in [5.74, 6) is 0.00620. The van der Waals surface area contributed by atoms with E-state index in [0.717, 1.165) is 20.3 Å². The van der Waals surface area contributed by atoms with E-state index in [1.807, 2.05) is 32.0 Å². The third-order valence-electron chi connectivity index (χ3n) is 2.33. The first-order chi connectivity index (χ1) is 8.04. The number of rotatable bonds is 5. The second kappa shape index (κ2) is 7.33. The first-order valence-corrected chi connectivity index (χ1v) is 7.38. The highest BCUT2D eigenvalue weighted by Gasteiger charge is 2.13. The van der Waals surface area contributed by atoms with Crippen molar-refractivity contribution < 1.29 is 4.79 Å². The highest BCUT2D eigenvalue weighted by Crippen LogP contribution is 2.23. The first kappa shape index (κ1) is 14.9. The molecule has 1 atom stereocenters. The maximum absolute atomic E-state index is 11.9. The van der Waals surface area contributed by atoms with Crippen molar-refractivity contribution in [3.63, 3.8) is 0 Å². The van der Waals surface area contributed by atoms with Crippen molar-refractivity contribution >= 4 is 50.1 Å². The van der Waals surface area contributed by atoms with Gasteiger partial charge in [0.1, 0.15) is 0 Å². The van der Waals surface area contributed by atoms with Gasteiger partial charge in [0.25, 0.3) is 0 Å². The van der Waals surface area contributed by atoms with Crippen LogP contribution in [0.5, 0.6) is 0 Å². The number of carbonyl (C=O) groups is 1. The molecule has 0 aliphatic rings. The molecule has 0 fully saturated rings. The minimum Gasteiger partial charge on any atom is -0.325 e. The maximum atomic E-state index is 11.9. The lowest BCUT2D eigenvalue weighted by atomic mass is 10.1. The van der Waals surface area contributed by atoms with Crippen LogP contribution in [0.25, 0.3) is 0 Å². The summed E-state index contributed by atoms with van der Waals surface area (Å²) in [6, 6.07) is 5.84. The molecule has 0 saturated carbocycles. The standard InChI is InChI=1S/C12H16BrIN2O/c1-3-15-7-8(2)12(17)16-11-6-9(13)4-5-10(11)14/h4-6,8,15H,3,7H2,1-2H3,(H,16,17). The minimum absolute atomic E-state index is 0.0373. The van der Waals surface area contributed by atoms with Crippen molar-refractivity contribution in [3.8, 4) is 0 Å². The van der Waals surface area contributed by atoms with E-state index in [-0.39, 0.29) is 11.8 Å². The molecule has 0 heterocycles. The molecule has 1 amide bonds. The Hall–Kier alpha value is -0.140. The van der Waals surface area contributed by atoms with Gasteiger partial charge in [0.05, 0.1) is 5.69 Å². The number of amides is 1. The number of carbonyl (C=O) groups excluding carboxylic acids is 1. The smallest absolute Gasteiger partial charge is 0.228 e. The Bertz CT molecular complexity index is 398. The topological polar surface area (TPSA) is 41.1 Å². The normalized spacial score (nSPS) is 12.2. The van der Waals surface area contributed by atoms with E-state index in [0.29, 0.717) is 6.54 Å². The van der Waals surface area contributed by atoms with Crippen molar-refractivity contribution in [2.24, 2.45) is 5.92 Å². The molecule has 1 aromatic rings. The third kappa shape index (κ3) is 4.93. The van der Waals surface area contributed by atoms with E-state index in [4.69, 9.17) is 0 Å². The highest BCUT2D eigenvalue weighted by molar-refractivity contribution is 14.1. The van der Waals surface area contributed by atoms with Crippen LogP contribution >= 0.6 is 38.5 Å². The Labute approximate surface area is 124 Å². The summed E-state index contributed by atoms with van der Waals surface area (Å²) in [6.07, 6.45) is 0. The zero-order valence-electron chi connectivity index (χ0n) is 9.89. The maximum Gasteiger partial charge on any atom is 0.228 e. The van der Waals surface area contributed by atoms with Gasteiger partial charge in [-0.25, -0.2) is 0 Å². The van der Waals surface area contributed by atoms with Gasteiger partial charge in [-0.2, -0.15) is 0 Å². The molecule has 0 aliphatic carbocycles. The fraction of sp³-hybridized carbons (Fsp3) is 0.417. The lowest BCUT2D eigenvalue weighted by Gasteiger charge is -2.13. The first-order valence-electron chi connectivity index (χ1n) is 5.51. The van der Waals surface area contributed by atoms with Crippen LogP contribution < -0.4 is 10.6 Å². The quantitative estimate of drug-likeness (QED) is 0.731. The number of hydrogen-bond donors (Lipinski definition) is 2. The molecule has 17 heavy (non-hydrogen) atoms. The summed E-state index contributed by atoms with van der Waals surface area (Å²) in [5.41, 5.74) is 0.855. The average Bonchev–Trinajstić information content (AvgIpc) is 2.30. The van der Waals surface area contributed by atoms with Crippen LogP contribution in [-0.2, 0) is 4.79 Å². The summed E-state index contributed by atoms with van der Waals surface area (Å²) >= 11 is 5.61. The Balaban J connectivity index is 2.64. The molecule has 2 N–H and O–H groups in total. The number of nitrogens with one attached hydrogen (secondary N) is 2. The van der Waals surface area contributed by atoms with Crippen molar-refractivity contribution in [1.29, 1.82) is 0 Å².